The topological polar surface area (TPSA) is 65.0 Å². The van der Waals surface area contributed by atoms with Crippen LogP contribution in [0.3, 0.4) is 0 Å². The number of pyridine rings is 1. The lowest BCUT2D eigenvalue weighted by Gasteiger charge is -2.01. The molecule has 0 bridgehead atoms. The maximum Gasteiger partial charge on any atom is 0.340 e. The van der Waals surface area contributed by atoms with Gasteiger partial charge in [-0.1, -0.05) is 0 Å². The molecule has 0 spiro atoms. The summed E-state index contributed by atoms with van der Waals surface area (Å²) in [6.45, 7) is 0. The molecule has 0 unspecified atom stereocenters. The van der Waals surface area contributed by atoms with Crippen molar-refractivity contribution in [1.82, 2.24) is 15.2 Å². The number of aromatic nitrogens is 3. The molecule has 0 saturated heterocycles. The van der Waals surface area contributed by atoms with Crippen LogP contribution in [0.4, 0.5) is 0 Å². The first-order chi connectivity index (χ1) is 6.83. The summed E-state index contributed by atoms with van der Waals surface area (Å²) in [6.07, 6.45) is 4.53. The van der Waals surface area contributed by atoms with Crippen LogP contribution < -0.4 is 0 Å². The fourth-order valence-electron chi connectivity index (χ4n) is 1.17. The molecule has 0 atom stereocenters. The third-order valence-electron chi connectivity index (χ3n) is 1.85. The van der Waals surface area contributed by atoms with E-state index in [2.05, 4.69) is 19.9 Å². The van der Waals surface area contributed by atoms with Crippen molar-refractivity contribution < 1.29 is 9.53 Å². The van der Waals surface area contributed by atoms with Gasteiger partial charge in [-0.2, -0.15) is 10.2 Å². The Bertz CT molecular complexity index is 479. The number of fused-ring (bicyclic) bond motifs is 1. The Hall–Kier alpha value is -2.04. The van der Waals surface area contributed by atoms with Crippen molar-refractivity contribution in [3.63, 3.8) is 0 Å². The summed E-state index contributed by atoms with van der Waals surface area (Å²) in [5.41, 5.74) is 1.01. The van der Waals surface area contributed by atoms with Gasteiger partial charge in [-0.15, -0.1) is 0 Å². The van der Waals surface area contributed by atoms with Gasteiger partial charge in [0.1, 0.15) is 0 Å². The Kier molecular flexibility index (Phi) is 2.06. The SMILES string of the molecule is COC(=O)c1cnnc2ccncc12. The van der Waals surface area contributed by atoms with E-state index >= 15 is 0 Å². The number of methoxy groups -OCH3 is 1. The Morgan fingerprint density at radius 1 is 1.43 bits per heavy atom. The van der Waals surface area contributed by atoms with Crippen molar-refractivity contribution in [3.8, 4) is 0 Å². The van der Waals surface area contributed by atoms with Gasteiger partial charge in [0.05, 0.1) is 24.4 Å². The minimum Gasteiger partial charge on any atom is -0.465 e. The molecule has 5 heteroatoms. The molecule has 0 fully saturated rings. The molecule has 2 heterocycles. The van der Waals surface area contributed by atoms with Gasteiger partial charge in [-0.05, 0) is 6.07 Å². The maximum absolute atomic E-state index is 11.3. The number of hydrogen-bond acceptors (Lipinski definition) is 5. The van der Waals surface area contributed by atoms with E-state index in [-0.39, 0.29) is 0 Å². The van der Waals surface area contributed by atoms with Gasteiger partial charge in [0, 0.05) is 17.8 Å². The van der Waals surface area contributed by atoms with Crippen LogP contribution in [0.25, 0.3) is 10.9 Å². The van der Waals surface area contributed by atoms with E-state index in [0.29, 0.717) is 16.5 Å². The zero-order valence-corrected chi connectivity index (χ0v) is 7.47. The first kappa shape index (κ1) is 8.55. The summed E-state index contributed by atoms with van der Waals surface area (Å²) in [7, 11) is 1.32. The molecule has 0 aliphatic carbocycles. The zero-order chi connectivity index (χ0) is 9.97. The minimum absolute atomic E-state index is 0.380. The molecule has 0 N–H and O–H groups in total. The average Bonchev–Trinajstić information content (AvgIpc) is 2.27. The molecule has 5 nitrogen and oxygen atoms in total. The molecule has 0 aliphatic heterocycles. The number of nitrogens with zero attached hydrogens (tertiary/aromatic N) is 3. The van der Waals surface area contributed by atoms with Crippen LogP contribution in [-0.2, 0) is 4.74 Å². The lowest BCUT2D eigenvalue weighted by atomic mass is 10.2. The second kappa shape index (κ2) is 3.37. The molecule has 0 radical (unpaired) electrons. The van der Waals surface area contributed by atoms with Crippen LogP contribution in [-0.4, -0.2) is 28.3 Å². The Labute approximate surface area is 79.7 Å². The fourth-order valence-corrected chi connectivity index (χ4v) is 1.17. The van der Waals surface area contributed by atoms with Gasteiger partial charge in [0.2, 0.25) is 0 Å². The van der Waals surface area contributed by atoms with Crippen LogP contribution in [0, 0.1) is 0 Å². The molecule has 2 aromatic rings. The van der Waals surface area contributed by atoms with Crippen molar-refractivity contribution in [2.45, 2.75) is 0 Å². The van der Waals surface area contributed by atoms with Crippen molar-refractivity contribution in [1.29, 1.82) is 0 Å². The summed E-state index contributed by atoms with van der Waals surface area (Å²) in [5.74, 6) is -0.432. The highest BCUT2D eigenvalue weighted by molar-refractivity contribution is 6.02. The summed E-state index contributed by atoms with van der Waals surface area (Å²) in [5, 5.41) is 8.21. The summed E-state index contributed by atoms with van der Waals surface area (Å²) >= 11 is 0. The molecule has 0 aromatic carbocycles. The fraction of sp³-hybridized carbons (Fsp3) is 0.111. The monoisotopic (exact) mass is 189 g/mol. The van der Waals surface area contributed by atoms with E-state index in [4.69, 9.17) is 0 Å². The second-order valence-electron chi connectivity index (χ2n) is 2.64. The van der Waals surface area contributed by atoms with Crippen LogP contribution in [0.1, 0.15) is 10.4 Å². The summed E-state index contributed by atoms with van der Waals surface area (Å²) < 4.78 is 4.61. The average molecular weight is 189 g/mol. The van der Waals surface area contributed by atoms with Gasteiger partial charge in [-0.25, -0.2) is 4.79 Å². The predicted octanol–water partition coefficient (Wildman–Crippen LogP) is 0.811. The third-order valence-corrected chi connectivity index (χ3v) is 1.85. The molecular weight excluding hydrogens is 182 g/mol. The number of ether oxygens (including phenoxy) is 1. The quantitative estimate of drug-likeness (QED) is 0.621. The van der Waals surface area contributed by atoms with E-state index in [0.717, 1.165) is 0 Å². The maximum atomic E-state index is 11.3. The van der Waals surface area contributed by atoms with Gasteiger partial charge < -0.3 is 4.74 Å². The predicted molar refractivity (Wildman–Crippen MR) is 48.7 cm³/mol. The normalized spacial score (nSPS) is 10.1. The van der Waals surface area contributed by atoms with Crippen LogP contribution in [0.15, 0.2) is 24.7 Å². The van der Waals surface area contributed by atoms with Crippen molar-refractivity contribution in [3.05, 3.63) is 30.2 Å². The van der Waals surface area contributed by atoms with E-state index in [1.165, 1.54) is 13.3 Å². The lowest BCUT2D eigenvalue weighted by Crippen LogP contribution is -2.03. The van der Waals surface area contributed by atoms with Crippen LogP contribution in [0.2, 0.25) is 0 Å². The van der Waals surface area contributed by atoms with E-state index in [9.17, 15) is 4.79 Å². The first-order valence-electron chi connectivity index (χ1n) is 3.96. The highest BCUT2D eigenvalue weighted by atomic mass is 16.5. The van der Waals surface area contributed by atoms with Gasteiger partial charge in [0.25, 0.3) is 0 Å². The molecule has 0 amide bonds. The lowest BCUT2D eigenvalue weighted by molar-refractivity contribution is 0.0602. The molecule has 14 heavy (non-hydrogen) atoms. The Balaban J connectivity index is 2.71. The Morgan fingerprint density at radius 3 is 3.07 bits per heavy atom. The van der Waals surface area contributed by atoms with E-state index in [1.807, 2.05) is 0 Å². The second-order valence-corrected chi connectivity index (χ2v) is 2.64. The van der Waals surface area contributed by atoms with E-state index in [1.54, 1.807) is 18.5 Å². The van der Waals surface area contributed by atoms with Crippen molar-refractivity contribution in [2.75, 3.05) is 7.11 Å². The smallest absolute Gasteiger partial charge is 0.340 e. The molecular formula is C9H7N3O2. The summed E-state index contributed by atoms with van der Waals surface area (Å²) in [4.78, 5) is 15.2. The Morgan fingerprint density at radius 2 is 2.29 bits per heavy atom. The van der Waals surface area contributed by atoms with Gasteiger partial charge in [-0.3, -0.25) is 4.98 Å². The van der Waals surface area contributed by atoms with Gasteiger partial charge in [0.15, 0.2) is 0 Å². The number of carbonyl (C=O) groups excluding carboxylic acids is 1. The highest BCUT2D eigenvalue weighted by Crippen LogP contribution is 2.13. The first-order valence-corrected chi connectivity index (χ1v) is 3.96. The largest absolute Gasteiger partial charge is 0.465 e. The van der Waals surface area contributed by atoms with Crippen LogP contribution >= 0.6 is 0 Å². The molecule has 2 aromatic heterocycles. The number of carbonyl (C=O) groups is 1. The minimum atomic E-state index is -0.432. The standard InChI is InChI=1S/C9H7N3O2/c1-14-9(13)7-5-11-12-8-2-3-10-4-6(7)8/h2-5H,1H3. The molecule has 0 saturated carbocycles. The van der Waals surface area contributed by atoms with E-state index < -0.39 is 5.97 Å². The van der Waals surface area contributed by atoms with Crippen LogP contribution in [0.5, 0.6) is 0 Å². The number of rotatable bonds is 1. The zero-order valence-electron chi connectivity index (χ0n) is 7.47. The van der Waals surface area contributed by atoms with Crippen molar-refractivity contribution in [2.24, 2.45) is 0 Å². The number of hydrogen-bond donors (Lipinski definition) is 0. The highest BCUT2D eigenvalue weighted by Gasteiger charge is 2.10. The van der Waals surface area contributed by atoms with Gasteiger partial charge >= 0.3 is 5.97 Å². The third kappa shape index (κ3) is 1.28. The number of esters is 1. The molecule has 70 valence electrons. The molecule has 2 rings (SSSR count). The summed E-state index contributed by atoms with van der Waals surface area (Å²) in [6, 6.07) is 1.69. The van der Waals surface area contributed by atoms with Crippen molar-refractivity contribution >= 4 is 16.9 Å². The molecule has 0 aliphatic rings.